The number of hydrogen-bond donors (Lipinski definition) is 2. The number of aromatic nitrogens is 2. The van der Waals surface area contributed by atoms with Gasteiger partial charge in [-0.15, -0.1) is 0 Å². The predicted octanol–water partition coefficient (Wildman–Crippen LogP) is 3.61. The summed E-state index contributed by atoms with van der Waals surface area (Å²) in [5, 5.41) is 15.3. The Labute approximate surface area is 150 Å². The van der Waals surface area contributed by atoms with Crippen molar-refractivity contribution in [2.75, 3.05) is 23.8 Å². The third-order valence-corrected chi connectivity index (χ3v) is 3.77. The number of rotatable bonds is 4. The van der Waals surface area contributed by atoms with Crippen LogP contribution in [0.2, 0.25) is 0 Å². The van der Waals surface area contributed by atoms with Crippen molar-refractivity contribution < 1.29 is 9.47 Å². The third-order valence-electron chi connectivity index (χ3n) is 3.77. The maximum atomic E-state index is 8.85. The first-order valence-corrected chi connectivity index (χ1v) is 8.06. The van der Waals surface area contributed by atoms with Gasteiger partial charge in [-0.2, -0.15) is 5.26 Å². The first-order chi connectivity index (χ1) is 12.8. The highest BCUT2D eigenvalue weighted by Crippen LogP contribution is 2.33. The zero-order chi connectivity index (χ0) is 17.8. The molecule has 1 aromatic heterocycles. The van der Waals surface area contributed by atoms with Crippen LogP contribution in [0.4, 0.5) is 23.0 Å². The van der Waals surface area contributed by atoms with Crippen molar-refractivity contribution in [2.24, 2.45) is 0 Å². The highest BCUT2D eigenvalue weighted by atomic mass is 16.6. The number of nitrogens with zero attached hydrogens (tertiary/aromatic N) is 3. The van der Waals surface area contributed by atoms with E-state index in [1.165, 1.54) is 6.33 Å². The summed E-state index contributed by atoms with van der Waals surface area (Å²) in [6.07, 6.45) is 1.48. The second kappa shape index (κ2) is 6.99. The van der Waals surface area contributed by atoms with Gasteiger partial charge < -0.3 is 20.1 Å². The molecule has 7 heteroatoms. The fraction of sp³-hybridized carbons (Fsp3) is 0.105. The fourth-order valence-corrected chi connectivity index (χ4v) is 2.54. The molecule has 0 amide bonds. The number of fused-ring (bicyclic) bond motifs is 1. The molecule has 2 heterocycles. The van der Waals surface area contributed by atoms with E-state index in [-0.39, 0.29) is 0 Å². The third kappa shape index (κ3) is 3.49. The Balaban J connectivity index is 1.49. The van der Waals surface area contributed by atoms with Crippen molar-refractivity contribution in [3.05, 3.63) is 60.4 Å². The van der Waals surface area contributed by atoms with E-state index < -0.39 is 0 Å². The average molecular weight is 345 g/mol. The monoisotopic (exact) mass is 345 g/mol. The van der Waals surface area contributed by atoms with E-state index in [9.17, 15) is 0 Å². The van der Waals surface area contributed by atoms with Gasteiger partial charge in [0, 0.05) is 23.5 Å². The molecule has 0 fully saturated rings. The molecule has 0 spiro atoms. The largest absolute Gasteiger partial charge is 0.486 e. The molecule has 2 aromatic carbocycles. The van der Waals surface area contributed by atoms with Crippen LogP contribution in [-0.2, 0) is 0 Å². The van der Waals surface area contributed by atoms with Crippen LogP contribution < -0.4 is 20.1 Å². The fourth-order valence-electron chi connectivity index (χ4n) is 2.54. The zero-order valence-electron chi connectivity index (χ0n) is 13.8. The molecule has 3 aromatic rings. The second-order valence-electron chi connectivity index (χ2n) is 5.59. The minimum absolute atomic E-state index is 0.544. The molecular weight excluding hydrogens is 330 g/mol. The number of hydrogen-bond acceptors (Lipinski definition) is 7. The summed E-state index contributed by atoms with van der Waals surface area (Å²) in [6.45, 7) is 1.11. The minimum atomic E-state index is 0.544. The van der Waals surface area contributed by atoms with Crippen LogP contribution in [0.3, 0.4) is 0 Å². The van der Waals surface area contributed by atoms with Gasteiger partial charge in [0.05, 0.1) is 11.6 Å². The Bertz CT molecular complexity index is 966. The summed E-state index contributed by atoms with van der Waals surface area (Å²) < 4.78 is 11.1. The van der Waals surface area contributed by atoms with Crippen LogP contribution in [0.25, 0.3) is 0 Å². The molecule has 0 unspecified atom stereocenters. The smallest absolute Gasteiger partial charge is 0.163 e. The van der Waals surface area contributed by atoms with E-state index in [2.05, 4.69) is 26.7 Å². The summed E-state index contributed by atoms with van der Waals surface area (Å²) >= 11 is 0. The summed E-state index contributed by atoms with van der Waals surface area (Å²) in [5.74, 6) is 2.75. The van der Waals surface area contributed by atoms with Crippen LogP contribution in [0.5, 0.6) is 11.5 Å². The zero-order valence-corrected chi connectivity index (χ0v) is 13.8. The lowest BCUT2D eigenvalue weighted by Gasteiger charge is -2.19. The van der Waals surface area contributed by atoms with Gasteiger partial charge in [0.2, 0.25) is 0 Å². The molecule has 4 rings (SSSR count). The van der Waals surface area contributed by atoms with Crippen molar-refractivity contribution >= 4 is 23.0 Å². The molecule has 0 bridgehead atoms. The molecule has 128 valence electrons. The summed E-state index contributed by atoms with van der Waals surface area (Å²) in [5.41, 5.74) is 2.30. The summed E-state index contributed by atoms with van der Waals surface area (Å²) in [4.78, 5) is 8.46. The highest BCUT2D eigenvalue weighted by molar-refractivity contribution is 5.65. The highest BCUT2D eigenvalue weighted by Gasteiger charge is 2.12. The number of anilines is 4. The Morgan fingerprint density at radius 2 is 1.46 bits per heavy atom. The standard InChI is InChI=1S/C19H15N5O2/c20-11-13-1-3-14(4-2-13)23-18-10-19(22-12-21-18)24-15-5-6-16-17(9-15)26-8-7-25-16/h1-6,9-10,12H,7-8H2,(H2,21,22,23,24). The van der Waals surface area contributed by atoms with E-state index in [1.54, 1.807) is 18.2 Å². The van der Waals surface area contributed by atoms with Crippen molar-refractivity contribution in [3.63, 3.8) is 0 Å². The Morgan fingerprint density at radius 1 is 0.808 bits per heavy atom. The van der Waals surface area contributed by atoms with Gasteiger partial charge in [0.25, 0.3) is 0 Å². The lowest BCUT2D eigenvalue weighted by molar-refractivity contribution is 0.171. The molecule has 0 atom stereocenters. The lowest BCUT2D eigenvalue weighted by atomic mass is 10.2. The minimum Gasteiger partial charge on any atom is -0.486 e. The molecular formula is C19H15N5O2. The van der Waals surface area contributed by atoms with Crippen molar-refractivity contribution in [3.8, 4) is 17.6 Å². The number of ether oxygens (including phenoxy) is 2. The van der Waals surface area contributed by atoms with Crippen molar-refractivity contribution in [2.45, 2.75) is 0 Å². The van der Waals surface area contributed by atoms with Gasteiger partial charge in [-0.1, -0.05) is 0 Å². The first kappa shape index (κ1) is 15.7. The van der Waals surface area contributed by atoms with Gasteiger partial charge in [0.15, 0.2) is 11.5 Å². The predicted molar refractivity (Wildman–Crippen MR) is 97.2 cm³/mol. The van der Waals surface area contributed by atoms with Gasteiger partial charge in [-0.25, -0.2) is 9.97 Å². The Kier molecular flexibility index (Phi) is 4.23. The van der Waals surface area contributed by atoms with Crippen LogP contribution >= 0.6 is 0 Å². The number of nitriles is 1. The quantitative estimate of drug-likeness (QED) is 0.746. The molecule has 26 heavy (non-hydrogen) atoms. The molecule has 0 saturated heterocycles. The van der Waals surface area contributed by atoms with Crippen molar-refractivity contribution in [1.29, 1.82) is 5.26 Å². The molecule has 0 saturated carbocycles. The normalized spacial score (nSPS) is 12.1. The topological polar surface area (TPSA) is 92.1 Å². The molecule has 1 aliphatic rings. The molecule has 0 aliphatic carbocycles. The van der Waals surface area contributed by atoms with Gasteiger partial charge in [-0.05, 0) is 36.4 Å². The average Bonchev–Trinajstić information content (AvgIpc) is 2.69. The molecule has 7 nitrogen and oxygen atoms in total. The van der Waals surface area contributed by atoms with Crippen LogP contribution in [0.1, 0.15) is 5.56 Å². The number of nitrogens with one attached hydrogen (secondary N) is 2. The Morgan fingerprint density at radius 3 is 2.19 bits per heavy atom. The summed E-state index contributed by atoms with van der Waals surface area (Å²) in [6, 6.07) is 16.7. The molecule has 2 N–H and O–H groups in total. The number of benzene rings is 2. The summed E-state index contributed by atoms with van der Waals surface area (Å²) in [7, 11) is 0. The van der Waals surface area contributed by atoms with Gasteiger partial charge in [0.1, 0.15) is 31.2 Å². The first-order valence-electron chi connectivity index (χ1n) is 8.06. The van der Waals surface area contributed by atoms with E-state index in [0.29, 0.717) is 36.2 Å². The van der Waals surface area contributed by atoms with Gasteiger partial charge in [-0.3, -0.25) is 0 Å². The van der Waals surface area contributed by atoms with Crippen LogP contribution in [0, 0.1) is 11.3 Å². The van der Waals surface area contributed by atoms with E-state index >= 15 is 0 Å². The van der Waals surface area contributed by atoms with Crippen LogP contribution in [-0.4, -0.2) is 23.2 Å². The van der Waals surface area contributed by atoms with E-state index in [0.717, 1.165) is 17.1 Å². The maximum absolute atomic E-state index is 8.85. The second-order valence-corrected chi connectivity index (χ2v) is 5.59. The van der Waals surface area contributed by atoms with Crippen molar-refractivity contribution in [1.82, 2.24) is 9.97 Å². The molecule has 1 aliphatic heterocycles. The van der Waals surface area contributed by atoms with E-state index in [1.807, 2.05) is 30.3 Å². The van der Waals surface area contributed by atoms with E-state index in [4.69, 9.17) is 14.7 Å². The van der Waals surface area contributed by atoms with Crippen LogP contribution in [0.15, 0.2) is 54.9 Å². The van der Waals surface area contributed by atoms with Gasteiger partial charge >= 0.3 is 0 Å². The molecule has 0 radical (unpaired) electrons. The Hall–Kier alpha value is -3.79. The maximum Gasteiger partial charge on any atom is 0.163 e. The SMILES string of the molecule is N#Cc1ccc(Nc2cc(Nc3ccc4c(c3)OCCO4)ncn2)cc1. The lowest BCUT2D eigenvalue weighted by Crippen LogP contribution is -2.15.